The fourth-order valence-corrected chi connectivity index (χ4v) is 2.92. The van der Waals surface area contributed by atoms with Gasteiger partial charge in [0.1, 0.15) is 6.04 Å². The average Bonchev–Trinajstić information content (AvgIpc) is 2.46. The Morgan fingerprint density at radius 2 is 2.05 bits per heavy atom. The highest BCUT2D eigenvalue weighted by atomic mass is 16.2. The van der Waals surface area contributed by atoms with E-state index in [4.69, 9.17) is 5.73 Å². The molecule has 0 bridgehead atoms. The van der Waals surface area contributed by atoms with Gasteiger partial charge in [-0.2, -0.15) is 0 Å². The minimum absolute atomic E-state index is 0.0776. The van der Waals surface area contributed by atoms with E-state index in [1.54, 1.807) is 4.90 Å². The lowest BCUT2D eigenvalue weighted by Gasteiger charge is -2.36. The molecule has 3 N–H and O–H groups in total. The number of carbonyl (C=O) groups is 3. The van der Waals surface area contributed by atoms with Crippen LogP contribution in [0.5, 0.6) is 0 Å². The number of fused-ring (bicyclic) bond motifs is 1. The van der Waals surface area contributed by atoms with Gasteiger partial charge < -0.3 is 10.6 Å². The monoisotopic (exact) mass is 287 g/mol. The Morgan fingerprint density at radius 3 is 2.76 bits per heavy atom. The highest BCUT2D eigenvalue weighted by Gasteiger charge is 2.36. The predicted octanol–water partition coefficient (Wildman–Crippen LogP) is -0.165. The lowest BCUT2D eigenvalue weighted by atomic mass is 9.94. The van der Waals surface area contributed by atoms with Crippen molar-refractivity contribution in [2.75, 3.05) is 0 Å². The standard InChI is InChI=1S/C15H17N3O3/c16-7-9-1-2-10-8-18(14(20)6-11(10)5-9)12-3-4-13(19)17-15(12)21/h1-2,5,12H,3-4,6-8,16H2,(H,17,19,21). The molecule has 1 atom stereocenters. The second-order valence-corrected chi connectivity index (χ2v) is 5.47. The van der Waals surface area contributed by atoms with Crippen molar-refractivity contribution < 1.29 is 14.4 Å². The van der Waals surface area contributed by atoms with E-state index in [1.807, 2.05) is 18.2 Å². The number of benzene rings is 1. The van der Waals surface area contributed by atoms with Crippen molar-refractivity contribution in [1.29, 1.82) is 0 Å². The Bertz CT molecular complexity index is 627. The molecule has 21 heavy (non-hydrogen) atoms. The van der Waals surface area contributed by atoms with Gasteiger partial charge in [0.15, 0.2) is 0 Å². The fraction of sp³-hybridized carbons (Fsp3) is 0.400. The number of hydrogen-bond acceptors (Lipinski definition) is 4. The predicted molar refractivity (Wildman–Crippen MR) is 74.8 cm³/mol. The van der Waals surface area contributed by atoms with Crippen LogP contribution in [0.25, 0.3) is 0 Å². The minimum Gasteiger partial charge on any atom is -0.326 e. The zero-order chi connectivity index (χ0) is 15.0. The van der Waals surface area contributed by atoms with Crippen LogP contribution < -0.4 is 11.1 Å². The highest BCUT2D eigenvalue weighted by Crippen LogP contribution is 2.25. The number of imide groups is 1. The second-order valence-electron chi connectivity index (χ2n) is 5.47. The fourth-order valence-electron chi connectivity index (χ4n) is 2.92. The largest absolute Gasteiger partial charge is 0.326 e. The van der Waals surface area contributed by atoms with Gasteiger partial charge in [-0.3, -0.25) is 19.7 Å². The van der Waals surface area contributed by atoms with E-state index in [1.165, 1.54) is 0 Å². The first-order valence-corrected chi connectivity index (χ1v) is 7.02. The molecule has 2 heterocycles. The van der Waals surface area contributed by atoms with Crippen molar-refractivity contribution in [2.24, 2.45) is 5.73 Å². The maximum atomic E-state index is 12.3. The third kappa shape index (κ3) is 2.54. The van der Waals surface area contributed by atoms with Crippen molar-refractivity contribution in [3.8, 4) is 0 Å². The van der Waals surface area contributed by atoms with Gasteiger partial charge in [-0.05, 0) is 23.1 Å². The van der Waals surface area contributed by atoms with E-state index in [-0.39, 0.29) is 30.6 Å². The summed E-state index contributed by atoms with van der Waals surface area (Å²) in [6, 6.07) is 5.31. The first-order valence-electron chi connectivity index (χ1n) is 7.02. The summed E-state index contributed by atoms with van der Waals surface area (Å²) in [6.07, 6.45) is 0.951. The molecule has 2 aliphatic heterocycles. The quantitative estimate of drug-likeness (QED) is 0.739. The van der Waals surface area contributed by atoms with Crippen LogP contribution in [0.15, 0.2) is 18.2 Å². The van der Waals surface area contributed by atoms with Crippen LogP contribution in [0.4, 0.5) is 0 Å². The van der Waals surface area contributed by atoms with E-state index in [9.17, 15) is 14.4 Å². The summed E-state index contributed by atoms with van der Waals surface area (Å²) in [4.78, 5) is 37.0. The normalized spacial score (nSPS) is 22.0. The average molecular weight is 287 g/mol. The Kier molecular flexibility index (Phi) is 3.47. The molecule has 6 nitrogen and oxygen atoms in total. The molecule has 1 aromatic rings. The van der Waals surface area contributed by atoms with Crippen LogP contribution in [-0.2, 0) is 33.9 Å². The SMILES string of the molecule is NCc1ccc2c(c1)CC(=O)N(C1CCC(=O)NC1=O)C2. The highest BCUT2D eigenvalue weighted by molar-refractivity contribution is 6.01. The van der Waals surface area contributed by atoms with Crippen LogP contribution in [0.1, 0.15) is 29.5 Å². The Labute approximate surface area is 122 Å². The van der Waals surface area contributed by atoms with Gasteiger partial charge in [0.05, 0.1) is 6.42 Å². The second kappa shape index (κ2) is 5.29. The molecule has 6 heteroatoms. The molecule has 0 aromatic heterocycles. The number of piperidine rings is 1. The van der Waals surface area contributed by atoms with Crippen molar-refractivity contribution in [3.05, 3.63) is 34.9 Å². The molecule has 0 aliphatic carbocycles. The lowest BCUT2D eigenvalue weighted by Crippen LogP contribution is -2.55. The summed E-state index contributed by atoms with van der Waals surface area (Å²) in [5, 5.41) is 2.30. The first-order chi connectivity index (χ1) is 10.1. The van der Waals surface area contributed by atoms with Gasteiger partial charge in [0.2, 0.25) is 17.7 Å². The van der Waals surface area contributed by atoms with Crippen LogP contribution >= 0.6 is 0 Å². The summed E-state index contributed by atoms with van der Waals surface area (Å²) in [5.74, 6) is -0.721. The number of amides is 3. The van der Waals surface area contributed by atoms with E-state index in [0.717, 1.165) is 16.7 Å². The maximum Gasteiger partial charge on any atom is 0.249 e. The number of nitrogens with one attached hydrogen (secondary N) is 1. The van der Waals surface area contributed by atoms with Crippen molar-refractivity contribution in [1.82, 2.24) is 10.2 Å². The zero-order valence-electron chi connectivity index (χ0n) is 11.6. The summed E-state index contributed by atoms with van der Waals surface area (Å²) in [7, 11) is 0. The Hall–Kier alpha value is -2.21. The van der Waals surface area contributed by atoms with Gasteiger partial charge in [0, 0.05) is 19.5 Å². The third-order valence-corrected chi connectivity index (χ3v) is 4.10. The van der Waals surface area contributed by atoms with Gasteiger partial charge in [-0.15, -0.1) is 0 Å². The lowest BCUT2D eigenvalue weighted by molar-refractivity contribution is -0.146. The first kappa shape index (κ1) is 13.8. The maximum absolute atomic E-state index is 12.3. The van der Waals surface area contributed by atoms with Gasteiger partial charge in [-0.1, -0.05) is 18.2 Å². The van der Waals surface area contributed by atoms with Crippen LogP contribution in [-0.4, -0.2) is 28.7 Å². The topological polar surface area (TPSA) is 92.5 Å². The number of hydrogen-bond donors (Lipinski definition) is 2. The summed E-state index contributed by atoms with van der Waals surface area (Å²) in [6.45, 7) is 0.851. The molecule has 0 saturated carbocycles. The molecule has 1 unspecified atom stereocenters. The molecule has 1 fully saturated rings. The number of nitrogens with two attached hydrogens (primary N) is 1. The molecule has 1 saturated heterocycles. The molecule has 0 spiro atoms. The smallest absolute Gasteiger partial charge is 0.249 e. The Morgan fingerprint density at radius 1 is 1.24 bits per heavy atom. The van der Waals surface area contributed by atoms with E-state index >= 15 is 0 Å². The number of nitrogens with zero attached hydrogens (tertiary/aromatic N) is 1. The summed E-state index contributed by atoms with van der Waals surface area (Å²) < 4.78 is 0. The van der Waals surface area contributed by atoms with Crippen molar-refractivity contribution in [2.45, 2.75) is 38.4 Å². The third-order valence-electron chi connectivity index (χ3n) is 4.10. The van der Waals surface area contributed by atoms with Crippen molar-refractivity contribution >= 4 is 17.7 Å². The number of carbonyl (C=O) groups excluding carboxylic acids is 3. The minimum atomic E-state index is -0.544. The van der Waals surface area contributed by atoms with E-state index in [2.05, 4.69) is 5.32 Å². The summed E-state index contributed by atoms with van der Waals surface area (Å²) in [5.41, 5.74) is 8.63. The van der Waals surface area contributed by atoms with E-state index < -0.39 is 6.04 Å². The van der Waals surface area contributed by atoms with Crippen LogP contribution in [0, 0.1) is 0 Å². The van der Waals surface area contributed by atoms with Gasteiger partial charge in [0.25, 0.3) is 0 Å². The molecule has 3 rings (SSSR count). The van der Waals surface area contributed by atoms with Crippen LogP contribution in [0.2, 0.25) is 0 Å². The Balaban J connectivity index is 1.84. The zero-order valence-corrected chi connectivity index (χ0v) is 11.6. The number of rotatable bonds is 2. The molecule has 0 radical (unpaired) electrons. The molecule has 3 amide bonds. The van der Waals surface area contributed by atoms with Gasteiger partial charge >= 0.3 is 0 Å². The molecule has 110 valence electrons. The molecular weight excluding hydrogens is 270 g/mol. The molecule has 1 aromatic carbocycles. The van der Waals surface area contributed by atoms with E-state index in [0.29, 0.717) is 19.5 Å². The molecule has 2 aliphatic rings. The van der Waals surface area contributed by atoms with Crippen molar-refractivity contribution in [3.63, 3.8) is 0 Å². The van der Waals surface area contributed by atoms with Gasteiger partial charge in [-0.25, -0.2) is 0 Å². The van der Waals surface area contributed by atoms with Crippen LogP contribution in [0.3, 0.4) is 0 Å². The molecular formula is C15H17N3O3. The summed E-state index contributed by atoms with van der Waals surface area (Å²) >= 11 is 0.